The predicted octanol–water partition coefficient (Wildman–Crippen LogP) is 1.34. The van der Waals surface area contributed by atoms with Gasteiger partial charge in [-0.3, -0.25) is 4.79 Å². The smallest absolute Gasteiger partial charge is 0.310 e. The number of fused-ring (bicyclic) bond motifs is 4. The van der Waals surface area contributed by atoms with Crippen LogP contribution in [0.5, 0.6) is 28.7 Å². The molecule has 13 nitrogen and oxygen atoms in total. The van der Waals surface area contributed by atoms with Crippen molar-refractivity contribution in [1.82, 2.24) is 0 Å². The van der Waals surface area contributed by atoms with Crippen molar-refractivity contribution in [1.29, 1.82) is 0 Å². The van der Waals surface area contributed by atoms with Crippen molar-refractivity contribution in [2.24, 2.45) is 11.8 Å². The molecule has 7 rings (SSSR count). The van der Waals surface area contributed by atoms with Crippen molar-refractivity contribution in [3.05, 3.63) is 41.0 Å². The minimum atomic E-state index is -1.44. The monoisotopic (exact) mass is 677 g/mol. The number of benzene rings is 2. The summed E-state index contributed by atoms with van der Waals surface area (Å²) in [5.41, 5.74) is 2.01. The first-order chi connectivity index (χ1) is 20.3. The zero-order valence-corrected chi connectivity index (χ0v) is 26.5. The quantitative estimate of drug-likeness (QED) is 0.390. The number of hydrogen-bond donors (Lipinski definition) is 3. The second-order valence-corrected chi connectivity index (χ2v) is 11.0. The number of hydrogen-bond acceptors (Lipinski definition) is 13. The Bertz CT molecular complexity index is 1360. The van der Waals surface area contributed by atoms with Crippen LogP contribution in [0, 0.1) is 11.8 Å². The third-order valence-corrected chi connectivity index (χ3v) is 8.75. The average molecular weight is 677 g/mol. The van der Waals surface area contributed by atoms with Crippen molar-refractivity contribution >= 4 is 5.97 Å². The molecule has 2 aromatic rings. The largest absolute Gasteiger partial charge is 0.502 e. The van der Waals surface area contributed by atoms with Gasteiger partial charge >= 0.3 is 5.97 Å². The molecule has 0 unspecified atom stereocenters. The zero-order chi connectivity index (χ0) is 29.3. The summed E-state index contributed by atoms with van der Waals surface area (Å²) < 4.78 is 51.5. The molecule has 10 atom stereocenters. The van der Waals surface area contributed by atoms with Gasteiger partial charge in [0, 0.05) is 44.5 Å². The number of aromatic hydroxyl groups is 1. The van der Waals surface area contributed by atoms with E-state index in [-0.39, 0.29) is 70.0 Å². The van der Waals surface area contributed by atoms with Gasteiger partial charge in [0.05, 0.1) is 39.5 Å². The van der Waals surface area contributed by atoms with E-state index in [9.17, 15) is 20.1 Å². The fourth-order valence-corrected chi connectivity index (χ4v) is 6.74. The SMILES string of the molecule is COc1cc([C@@H]2c3cc4c(cc3[C@@H](O[C@@H]3O[C@@H]5CO[C@@H](C)O[C@H]5[C@H](O)[C@H]3O)[C@H]3COC(=O)[C@H]23)OCO4)cc(OC)c1O.[Y]. The molecule has 0 spiro atoms. The van der Waals surface area contributed by atoms with Crippen LogP contribution in [-0.2, 0) is 61.2 Å². The number of ether oxygens (including phenoxy) is 9. The molecule has 2 aromatic carbocycles. The van der Waals surface area contributed by atoms with E-state index in [0.29, 0.717) is 28.2 Å². The standard InChI is InChI=1S/C29H32O13.Y/c1-11-36-9-20-27(40-11)24(31)25(32)29(41-20)42-26-14-7-17-16(38-10-39-17)6-13(14)21(22-15(26)8-37-28(22)33)12-4-18(34-2)23(30)19(5-12)35-3;/h4-7,11,15,20-22,24-27,29-32H,8-10H2,1-3H3;/t11-,15+,20-,21-,22+,24-,25-,26-,27-,29+;/m1./s1. The molecule has 14 heteroatoms. The average Bonchev–Trinajstić information content (AvgIpc) is 3.61. The van der Waals surface area contributed by atoms with Crippen LogP contribution in [0.15, 0.2) is 24.3 Å². The second-order valence-electron chi connectivity index (χ2n) is 11.0. The maximum absolute atomic E-state index is 13.4. The number of cyclic esters (lactones) is 1. The first-order valence-corrected chi connectivity index (χ1v) is 13.8. The molecule has 4 heterocycles. The summed E-state index contributed by atoms with van der Waals surface area (Å²) in [6.07, 6.45) is -6.80. The molecule has 3 N–H and O–H groups in total. The van der Waals surface area contributed by atoms with E-state index in [0.717, 1.165) is 0 Å². The first-order valence-electron chi connectivity index (χ1n) is 13.8. The van der Waals surface area contributed by atoms with Crippen LogP contribution in [0.3, 0.4) is 0 Å². The Morgan fingerprint density at radius 1 is 0.884 bits per heavy atom. The number of esters is 1. The molecule has 1 radical (unpaired) electrons. The van der Waals surface area contributed by atoms with E-state index >= 15 is 0 Å². The molecule has 1 aliphatic carbocycles. The first kappa shape index (κ1) is 30.8. The summed E-state index contributed by atoms with van der Waals surface area (Å²) >= 11 is 0. The minimum absolute atomic E-state index is 0. The number of carbonyl (C=O) groups excluding carboxylic acids is 1. The fourth-order valence-electron chi connectivity index (χ4n) is 6.74. The third kappa shape index (κ3) is 5.07. The summed E-state index contributed by atoms with van der Waals surface area (Å²) in [5, 5.41) is 32.5. The van der Waals surface area contributed by atoms with Gasteiger partial charge in [-0.1, -0.05) is 0 Å². The summed E-state index contributed by atoms with van der Waals surface area (Å²) in [4.78, 5) is 13.4. The van der Waals surface area contributed by atoms with E-state index in [1.807, 2.05) is 0 Å². The van der Waals surface area contributed by atoms with Crippen LogP contribution in [0.1, 0.15) is 35.6 Å². The van der Waals surface area contributed by atoms with Gasteiger partial charge in [-0.15, -0.1) is 0 Å². The van der Waals surface area contributed by atoms with Crippen LogP contribution in [0.25, 0.3) is 0 Å². The van der Waals surface area contributed by atoms with Gasteiger partial charge in [0.25, 0.3) is 0 Å². The predicted molar refractivity (Wildman–Crippen MR) is 138 cm³/mol. The maximum atomic E-state index is 13.4. The van der Waals surface area contributed by atoms with Gasteiger partial charge in [-0.25, -0.2) is 0 Å². The van der Waals surface area contributed by atoms with E-state index in [1.165, 1.54) is 14.2 Å². The van der Waals surface area contributed by atoms with Gasteiger partial charge in [0.15, 0.2) is 35.6 Å². The molecule has 5 aliphatic rings. The minimum Gasteiger partial charge on any atom is -0.502 e. The Balaban J connectivity index is 0.00000329. The summed E-state index contributed by atoms with van der Waals surface area (Å²) in [6, 6.07) is 6.93. The molecule has 0 bridgehead atoms. The molecular formula is C29H32O13Y. The van der Waals surface area contributed by atoms with Crippen molar-refractivity contribution in [2.75, 3.05) is 34.2 Å². The number of phenols is 1. The van der Waals surface area contributed by atoms with Crippen LogP contribution in [-0.4, -0.2) is 92.5 Å². The number of aliphatic hydroxyl groups is 2. The molecule has 4 aliphatic heterocycles. The van der Waals surface area contributed by atoms with E-state index in [1.54, 1.807) is 31.2 Å². The van der Waals surface area contributed by atoms with Crippen LogP contribution >= 0.6 is 0 Å². The summed E-state index contributed by atoms with van der Waals surface area (Å²) in [5.74, 6) is -1.02. The van der Waals surface area contributed by atoms with Crippen molar-refractivity contribution in [3.8, 4) is 28.7 Å². The Labute approximate surface area is 272 Å². The number of carbonyl (C=O) groups is 1. The molecule has 0 aromatic heterocycles. The molecule has 43 heavy (non-hydrogen) atoms. The second kappa shape index (κ2) is 11.9. The topological polar surface area (TPSA) is 161 Å². The number of rotatable bonds is 5. The van der Waals surface area contributed by atoms with Crippen LogP contribution in [0.4, 0.5) is 0 Å². The van der Waals surface area contributed by atoms with Crippen molar-refractivity contribution < 1.29 is 95.5 Å². The van der Waals surface area contributed by atoms with E-state index in [4.69, 9.17) is 42.6 Å². The maximum Gasteiger partial charge on any atom is 0.310 e. The zero-order valence-electron chi connectivity index (χ0n) is 23.7. The van der Waals surface area contributed by atoms with Gasteiger partial charge in [-0.05, 0) is 47.9 Å². The Kier molecular flexibility index (Phi) is 8.55. The van der Waals surface area contributed by atoms with Gasteiger partial charge in [0.1, 0.15) is 24.4 Å². The normalized spacial score (nSPS) is 35.6. The van der Waals surface area contributed by atoms with Crippen LogP contribution < -0.4 is 18.9 Å². The fraction of sp³-hybridized carbons (Fsp3) is 0.552. The number of phenolic OH excluding ortho intramolecular Hbond substituents is 1. The molecule has 0 saturated carbocycles. The molecule has 229 valence electrons. The molecule has 3 saturated heterocycles. The van der Waals surface area contributed by atoms with Crippen molar-refractivity contribution in [2.45, 2.75) is 55.9 Å². The third-order valence-electron chi connectivity index (χ3n) is 8.75. The van der Waals surface area contributed by atoms with Crippen molar-refractivity contribution in [3.63, 3.8) is 0 Å². The van der Waals surface area contributed by atoms with Crippen LogP contribution in [0.2, 0.25) is 0 Å². The summed E-state index contributed by atoms with van der Waals surface area (Å²) in [6.45, 7) is 1.93. The van der Waals surface area contributed by atoms with Gasteiger partial charge in [0.2, 0.25) is 12.5 Å². The molecule has 0 amide bonds. The number of methoxy groups -OCH3 is 2. The van der Waals surface area contributed by atoms with E-state index in [2.05, 4.69) is 0 Å². The Hall–Kier alpha value is -2.23. The Morgan fingerprint density at radius 3 is 2.23 bits per heavy atom. The molecule has 3 fully saturated rings. The number of aliphatic hydroxyl groups excluding tert-OH is 2. The summed E-state index contributed by atoms with van der Waals surface area (Å²) in [7, 11) is 2.86. The van der Waals surface area contributed by atoms with Gasteiger partial charge in [-0.2, -0.15) is 0 Å². The van der Waals surface area contributed by atoms with E-state index < -0.39 is 66.8 Å². The van der Waals surface area contributed by atoms with Gasteiger partial charge < -0.3 is 58.0 Å². The molecular weight excluding hydrogens is 645 g/mol. The Morgan fingerprint density at radius 2 is 1.56 bits per heavy atom.